The smallest absolute Gasteiger partial charge is 0.0944 e. The molecule has 3 nitrogen and oxygen atoms in total. The summed E-state index contributed by atoms with van der Waals surface area (Å²) in [6.45, 7) is 4.63. The molecule has 1 unspecified atom stereocenters. The van der Waals surface area contributed by atoms with E-state index < -0.39 is 0 Å². The van der Waals surface area contributed by atoms with Crippen molar-refractivity contribution in [1.82, 2.24) is 0 Å². The zero-order valence-electron chi connectivity index (χ0n) is 13.8. The lowest BCUT2D eigenvalue weighted by molar-refractivity contribution is -0.141. The lowest BCUT2D eigenvalue weighted by Gasteiger charge is -2.60. The van der Waals surface area contributed by atoms with Gasteiger partial charge in [-0.15, -0.1) is 0 Å². The van der Waals surface area contributed by atoms with Crippen molar-refractivity contribution in [1.29, 1.82) is 0 Å². The average Bonchev–Trinajstić information content (AvgIpc) is 2.77. The lowest BCUT2D eigenvalue weighted by Crippen LogP contribution is -2.57. The van der Waals surface area contributed by atoms with E-state index in [1.165, 1.54) is 0 Å². The molecule has 22 heavy (non-hydrogen) atoms. The van der Waals surface area contributed by atoms with Gasteiger partial charge in [-0.1, -0.05) is 19.9 Å². The fourth-order valence-corrected chi connectivity index (χ4v) is 6.40. The van der Waals surface area contributed by atoms with Crippen molar-refractivity contribution in [2.24, 2.45) is 40.2 Å². The number of aliphatic hydroxyl groups is 2. The number of hydrogen-bond acceptors (Lipinski definition) is 3. The van der Waals surface area contributed by atoms with Crippen molar-refractivity contribution in [2.45, 2.75) is 58.5 Å². The molecular formula is C19H29NO2. The molecule has 0 heterocycles. The molecule has 0 aromatic carbocycles. The average molecular weight is 303 g/mol. The molecule has 4 aliphatic rings. The molecule has 4 N–H and O–H groups in total. The summed E-state index contributed by atoms with van der Waals surface area (Å²) in [6.07, 6.45) is 10.1. The van der Waals surface area contributed by atoms with Gasteiger partial charge in [0, 0.05) is 11.1 Å². The number of fused-ring (bicyclic) bond motifs is 5. The SMILES string of the molecule is C[C@]12CCC(N)=CC1C[C@H](O)[C@@H]1[C@@H]2CC[C@]2(C)C(O)=CC[C@@H]12. The minimum atomic E-state index is -0.255. The number of aliphatic hydroxyl groups excluding tert-OH is 2. The van der Waals surface area contributed by atoms with E-state index in [0.717, 1.165) is 44.2 Å². The second kappa shape index (κ2) is 4.53. The van der Waals surface area contributed by atoms with Crippen molar-refractivity contribution in [3.63, 3.8) is 0 Å². The first-order chi connectivity index (χ1) is 10.4. The van der Waals surface area contributed by atoms with Crippen LogP contribution in [0.3, 0.4) is 0 Å². The summed E-state index contributed by atoms with van der Waals surface area (Å²) in [5, 5.41) is 21.3. The largest absolute Gasteiger partial charge is 0.512 e. The normalized spacial score (nSPS) is 53.9. The Bertz CT molecular complexity index is 554. The number of nitrogens with two attached hydrogens (primary N) is 1. The Hall–Kier alpha value is -0.960. The third kappa shape index (κ3) is 1.72. The zero-order valence-corrected chi connectivity index (χ0v) is 13.8. The molecule has 0 aromatic rings. The standard InChI is InChI=1S/C19H29NO2/c1-18-7-5-12(20)9-11(18)10-15(21)17-13-3-4-16(22)19(13,2)8-6-14(17)18/h4,9,11,13-15,17,21-22H,3,5-8,10,20H2,1-2H3/t11?,13-,14-,15-,17-,18-,19-/m0/s1. The van der Waals surface area contributed by atoms with Crippen molar-refractivity contribution >= 4 is 0 Å². The molecule has 3 heteroatoms. The third-order valence-corrected chi connectivity index (χ3v) is 7.87. The lowest BCUT2D eigenvalue weighted by atomic mass is 9.45. The summed E-state index contributed by atoms with van der Waals surface area (Å²) in [5.41, 5.74) is 7.25. The highest BCUT2D eigenvalue weighted by Gasteiger charge is 2.60. The van der Waals surface area contributed by atoms with Gasteiger partial charge in [0.2, 0.25) is 0 Å². The van der Waals surface area contributed by atoms with Crippen LogP contribution in [-0.2, 0) is 0 Å². The fourth-order valence-electron chi connectivity index (χ4n) is 6.40. The van der Waals surface area contributed by atoms with E-state index in [4.69, 9.17) is 5.73 Å². The van der Waals surface area contributed by atoms with Gasteiger partial charge in [-0.25, -0.2) is 0 Å². The highest BCUT2D eigenvalue weighted by Crippen LogP contribution is 2.65. The molecule has 122 valence electrons. The Morgan fingerprint density at radius 3 is 2.77 bits per heavy atom. The first-order valence-electron chi connectivity index (χ1n) is 8.90. The summed E-state index contributed by atoms with van der Waals surface area (Å²) in [5.74, 6) is 2.28. The van der Waals surface area contributed by atoms with Crippen LogP contribution in [0.5, 0.6) is 0 Å². The highest BCUT2D eigenvalue weighted by molar-refractivity contribution is 5.23. The minimum absolute atomic E-state index is 0.102. The molecule has 0 aliphatic heterocycles. The molecule has 2 fully saturated rings. The van der Waals surface area contributed by atoms with Crippen LogP contribution in [0.25, 0.3) is 0 Å². The Kier molecular flexibility index (Phi) is 3.01. The van der Waals surface area contributed by atoms with Crippen LogP contribution in [0, 0.1) is 34.5 Å². The predicted octanol–water partition coefficient (Wildman–Crippen LogP) is 3.50. The molecule has 0 amide bonds. The summed E-state index contributed by atoms with van der Waals surface area (Å²) in [4.78, 5) is 0. The fraction of sp³-hybridized carbons (Fsp3) is 0.789. The van der Waals surface area contributed by atoms with E-state index in [0.29, 0.717) is 29.4 Å². The van der Waals surface area contributed by atoms with E-state index >= 15 is 0 Å². The predicted molar refractivity (Wildman–Crippen MR) is 86.9 cm³/mol. The number of allylic oxidation sites excluding steroid dienone is 4. The van der Waals surface area contributed by atoms with Gasteiger partial charge in [-0.05, 0) is 73.7 Å². The molecule has 7 atom stereocenters. The number of hydrogen-bond donors (Lipinski definition) is 3. The second-order valence-electron chi connectivity index (χ2n) is 8.73. The van der Waals surface area contributed by atoms with Gasteiger partial charge in [0.1, 0.15) is 0 Å². The zero-order chi connectivity index (χ0) is 15.7. The summed E-state index contributed by atoms with van der Waals surface area (Å²) in [7, 11) is 0. The maximum absolute atomic E-state index is 10.9. The van der Waals surface area contributed by atoms with Crippen LogP contribution in [-0.4, -0.2) is 16.3 Å². The van der Waals surface area contributed by atoms with Crippen LogP contribution in [0.2, 0.25) is 0 Å². The summed E-state index contributed by atoms with van der Waals surface area (Å²) >= 11 is 0. The second-order valence-corrected chi connectivity index (χ2v) is 8.73. The van der Waals surface area contributed by atoms with Crippen LogP contribution in [0.15, 0.2) is 23.6 Å². The van der Waals surface area contributed by atoms with E-state index in [2.05, 4.69) is 19.9 Å². The van der Waals surface area contributed by atoms with Gasteiger partial charge in [0.05, 0.1) is 11.9 Å². The molecule has 0 aromatic heterocycles. The summed E-state index contributed by atoms with van der Waals surface area (Å²) in [6, 6.07) is 0. The van der Waals surface area contributed by atoms with Crippen LogP contribution in [0.1, 0.15) is 52.4 Å². The van der Waals surface area contributed by atoms with Gasteiger partial charge < -0.3 is 15.9 Å². The summed E-state index contributed by atoms with van der Waals surface area (Å²) < 4.78 is 0. The van der Waals surface area contributed by atoms with E-state index in [-0.39, 0.29) is 16.9 Å². The van der Waals surface area contributed by atoms with Crippen molar-refractivity contribution in [3.05, 3.63) is 23.6 Å². The molecular weight excluding hydrogens is 274 g/mol. The topological polar surface area (TPSA) is 66.5 Å². The molecule has 0 spiro atoms. The number of rotatable bonds is 0. The monoisotopic (exact) mass is 303 g/mol. The third-order valence-electron chi connectivity index (χ3n) is 7.87. The first-order valence-corrected chi connectivity index (χ1v) is 8.90. The molecule has 2 saturated carbocycles. The van der Waals surface area contributed by atoms with Crippen molar-refractivity contribution in [2.75, 3.05) is 0 Å². The van der Waals surface area contributed by atoms with Crippen molar-refractivity contribution < 1.29 is 10.2 Å². The van der Waals surface area contributed by atoms with Crippen LogP contribution >= 0.6 is 0 Å². The molecule has 0 radical (unpaired) electrons. The molecule has 0 saturated heterocycles. The maximum Gasteiger partial charge on any atom is 0.0944 e. The first kappa shape index (κ1) is 14.6. The Morgan fingerprint density at radius 2 is 2.00 bits per heavy atom. The quantitative estimate of drug-likeness (QED) is 0.641. The van der Waals surface area contributed by atoms with Gasteiger partial charge >= 0.3 is 0 Å². The van der Waals surface area contributed by atoms with Crippen LogP contribution < -0.4 is 5.73 Å². The van der Waals surface area contributed by atoms with E-state index in [9.17, 15) is 10.2 Å². The van der Waals surface area contributed by atoms with Gasteiger partial charge in [-0.3, -0.25) is 0 Å². The van der Waals surface area contributed by atoms with E-state index in [1.807, 2.05) is 6.08 Å². The highest BCUT2D eigenvalue weighted by atomic mass is 16.3. The molecule has 0 bridgehead atoms. The Balaban J connectivity index is 1.71. The van der Waals surface area contributed by atoms with Crippen LogP contribution in [0.4, 0.5) is 0 Å². The van der Waals surface area contributed by atoms with E-state index in [1.54, 1.807) is 0 Å². The Labute approximate surface area is 133 Å². The minimum Gasteiger partial charge on any atom is -0.512 e. The van der Waals surface area contributed by atoms with Gasteiger partial charge in [-0.2, -0.15) is 0 Å². The van der Waals surface area contributed by atoms with Gasteiger partial charge in [0.15, 0.2) is 0 Å². The van der Waals surface area contributed by atoms with Gasteiger partial charge in [0.25, 0.3) is 0 Å². The molecule has 4 rings (SSSR count). The Morgan fingerprint density at radius 1 is 1.23 bits per heavy atom. The van der Waals surface area contributed by atoms with Crippen molar-refractivity contribution in [3.8, 4) is 0 Å². The maximum atomic E-state index is 10.9. The molecule has 4 aliphatic carbocycles.